The number of hydrogen-bond donors (Lipinski definition) is 2. The molecule has 31 heavy (non-hydrogen) atoms. The van der Waals surface area contributed by atoms with Gasteiger partial charge in [-0.2, -0.15) is 0 Å². The van der Waals surface area contributed by atoms with Gasteiger partial charge in [-0.05, 0) is 67.3 Å². The number of carbonyl (C=O) groups is 2. The molecule has 1 aliphatic carbocycles. The molecule has 1 heterocycles. The molecule has 9 heteroatoms. The van der Waals surface area contributed by atoms with Crippen LogP contribution in [0.15, 0.2) is 47.4 Å². The van der Waals surface area contributed by atoms with Crippen LogP contribution >= 0.6 is 0 Å². The smallest absolute Gasteiger partial charge is 0.240 e. The van der Waals surface area contributed by atoms with Crippen LogP contribution in [0.4, 0.5) is 11.4 Å². The molecule has 164 valence electrons. The van der Waals surface area contributed by atoms with Gasteiger partial charge in [0.2, 0.25) is 21.8 Å². The predicted octanol–water partition coefficient (Wildman–Crippen LogP) is 2.30. The summed E-state index contributed by atoms with van der Waals surface area (Å²) < 4.78 is 32.8. The van der Waals surface area contributed by atoms with Gasteiger partial charge in [-0.3, -0.25) is 9.59 Å². The average Bonchev–Trinajstić information content (AvgIpc) is 3.52. The van der Waals surface area contributed by atoms with Crippen LogP contribution in [0, 0.1) is 5.92 Å². The third-order valence-electron chi connectivity index (χ3n) is 5.47. The van der Waals surface area contributed by atoms with Crippen LogP contribution in [0.5, 0.6) is 5.75 Å². The third-order valence-corrected chi connectivity index (χ3v) is 6.93. The molecule has 2 N–H and O–H groups in total. The Morgan fingerprint density at radius 1 is 1.13 bits per heavy atom. The van der Waals surface area contributed by atoms with Crippen LogP contribution in [0.2, 0.25) is 0 Å². The van der Waals surface area contributed by atoms with Gasteiger partial charge >= 0.3 is 0 Å². The second-order valence-corrected chi connectivity index (χ2v) is 9.50. The van der Waals surface area contributed by atoms with Gasteiger partial charge in [0.25, 0.3) is 0 Å². The van der Waals surface area contributed by atoms with E-state index in [-0.39, 0.29) is 35.6 Å². The second-order valence-electron chi connectivity index (χ2n) is 7.73. The summed E-state index contributed by atoms with van der Waals surface area (Å²) in [6.07, 6.45) is 2.52. The minimum Gasteiger partial charge on any atom is -0.497 e. The van der Waals surface area contributed by atoms with E-state index in [1.54, 1.807) is 48.4 Å². The fourth-order valence-corrected chi connectivity index (χ4v) is 4.69. The molecule has 1 aliphatic heterocycles. The van der Waals surface area contributed by atoms with E-state index in [4.69, 9.17) is 4.74 Å². The van der Waals surface area contributed by atoms with Crippen molar-refractivity contribution in [2.45, 2.75) is 30.6 Å². The van der Waals surface area contributed by atoms with Crippen LogP contribution in [0.3, 0.4) is 0 Å². The van der Waals surface area contributed by atoms with Gasteiger partial charge in [0, 0.05) is 36.8 Å². The molecule has 1 saturated carbocycles. The van der Waals surface area contributed by atoms with E-state index in [2.05, 4.69) is 10.0 Å². The summed E-state index contributed by atoms with van der Waals surface area (Å²) in [5, 5.41) is 2.72. The quantitative estimate of drug-likeness (QED) is 0.651. The van der Waals surface area contributed by atoms with Crippen LogP contribution in [0.1, 0.15) is 24.8 Å². The van der Waals surface area contributed by atoms with Crippen LogP contribution in [-0.2, 0) is 26.0 Å². The van der Waals surface area contributed by atoms with Crippen molar-refractivity contribution >= 4 is 33.2 Å². The van der Waals surface area contributed by atoms with Crippen molar-refractivity contribution in [2.75, 3.05) is 30.4 Å². The third kappa shape index (κ3) is 4.88. The van der Waals surface area contributed by atoms with E-state index in [0.29, 0.717) is 24.4 Å². The molecule has 8 nitrogen and oxygen atoms in total. The maximum atomic E-state index is 12.6. The van der Waals surface area contributed by atoms with Gasteiger partial charge in [-0.25, -0.2) is 13.1 Å². The molecule has 2 aromatic rings. The van der Waals surface area contributed by atoms with E-state index in [1.165, 1.54) is 6.07 Å². The summed E-state index contributed by atoms with van der Waals surface area (Å²) in [6.45, 7) is 0.570. The molecule has 2 aromatic carbocycles. The number of amides is 2. The Hall–Kier alpha value is -2.91. The number of nitrogens with zero attached hydrogens (tertiary/aromatic N) is 1. The number of carbonyl (C=O) groups excluding carboxylic acids is 2. The number of anilines is 2. The molecule has 0 unspecified atom stereocenters. The first-order chi connectivity index (χ1) is 14.9. The summed E-state index contributed by atoms with van der Waals surface area (Å²) in [7, 11) is -2.19. The Labute approximate surface area is 181 Å². The molecule has 0 aromatic heterocycles. The minimum absolute atomic E-state index is 0.000131. The zero-order chi connectivity index (χ0) is 22.0. The van der Waals surface area contributed by atoms with Gasteiger partial charge in [-0.1, -0.05) is 0 Å². The SMILES string of the molecule is COc1ccc(NC(=O)CCNS(=O)(=O)c2ccc3c(c2)CCN3C(=O)C2CC2)cc1. The molecular formula is C22H25N3O5S. The van der Waals surface area contributed by atoms with Crippen molar-refractivity contribution in [2.24, 2.45) is 5.92 Å². The van der Waals surface area contributed by atoms with Crippen molar-refractivity contribution < 1.29 is 22.7 Å². The van der Waals surface area contributed by atoms with Crippen molar-refractivity contribution in [3.8, 4) is 5.75 Å². The van der Waals surface area contributed by atoms with Gasteiger partial charge in [0.1, 0.15) is 5.75 Å². The van der Waals surface area contributed by atoms with E-state index in [1.807, 2.05) is 0 Å². The first-order valence-corrected chi connectivity index (χ1v) is 11.7. The average molecular weight is 444 g/mol. The van der Waals surface area contributed by atoms with Crippen LogP contribution in [-0.4, -0.2) is 40.4 Å². The Balaban J connectivity index is 1.32. The van der Waals surface area contributed by atoms with E-state index < -0.39 is 10.0 Å². The highest BCUT2D eigenvalue weighted by atomic mass is 32.2. The number of hydrogen-bond acceptors (Lipinski definition) is 5. The highest BCUT2D eigenvalue weighted by Gasteiger charge is 2.36. The number of rotatable bonds is 8. The van der Waals surface area contributed by atoms with Crippen molar-refractivity contribution in [1.82, 2.24) is 4.72 Å². The monoisotopic (exact) mass is 443 g/mol. The maximum Gasteiger partial charge on any atom is 0.240 e. The highest BCUT2D eigenvalue weighted by Crippen LogP contribution is 2.37. The standard InChI is InChI=1S/C22H25N3O5S/c1-30-18-6-4-17(5-7-18)24-21(26)10-12-23-31(28,29)19-8-9-20-16(14-19)11-13-25(20)22(27)15-2-3-15/h4-9,14-15,23H,2-3,10-13H2,1H3,(H,24,26). The van der Waals surface area contributed by atoms with Crippen molar-refractivity contribution in [3.05, 3.63) is 48.0 Å². The lowest BCUT2D eigenvalue weighted by molar-refractivity contribution is -0.119. The first kappa shape index (κ1) is 21.3. The molecule has 0 spiro atoms. The largest absolute Gasteiger partial charge is 0.497 e. The summed E-state index contributed by atoms with van der Waals surface area (Å²) in [4.78, 5) is 26.4. The number of fused-ring (bicyclic) bond motifs is 1. The Morgan fingerprint density at radius 2 is 1.87 bits per heavy atom. The number of sulfonamides is 1. The molecule has 1 fully saturated rings. The number of benzene rings is 2. The maximum absolute atomic E-state index is 12.6. The van der Waals surface area contributed by atoms with E-state index in [9.17, 15) is 18.0 Å². The van der Waals surface area contributed by atoms with Crippen molar-refractivity contribution in [1.29, 1.82) is 0 Å². The molecule has 0 saturated heterocycles. The summed E-state index contributed by atoms with van der Waals surface area (Å²) in [5.74, 6) is 0.645. The van der Waals surface area contributed by atoms with Crippen LogP contribution in [0.25, 0.3) is 0 Å². The number of methoxy groups -OCH3 is 1. The topological polar surface area (TPSA) is 105 Å². The summed E-state index contributed by atoms with van der Waals surface area (Å²) >= 11 is 0. The Morgan fingerprint density at radius 3 is 2.55 bits per heavy atom. The molecule has 0 bridgehead atoms. The molecular weight excluding hydrogens is 418 g/mol. The molecule has 2 aliphatic rings. The van der Waals surface area contributed by atoms with Crippen LogP contribution < -0.4 is 19.7 Å². The lowest BCUT2D eigenvalue weighted by Crippen LogP contribution is -2.30. The van der Waals surface area contributed by atoms with Gasteiger partial charge in [-0.15, -0.1) is 0 Å². The zero-order valence-corrected chi connectivity index (χ0v) is 18.1. The Kier molecular flexibility index (Phi) is 5.97. The normalized spacial score (nSPS) is 15.5. The predicted molar refractivity (Wildman–Crippen MR) is 117 cm³/mol. The second kappa shape index (κ2) is 8.68. The molecule has 2 amide bonds. The summed E-state index contributed by atoms with van der Waals surface area (Å²) in [5.41, 5.74) is 2.27. The van der Waals surface area contributed by atoms with E-state index >= 15 is 0 Å². The molecule has 0 atom stereocenters. The Bertz CT molecular complexity index is 1090. The van der Waals surface area contributed by atoms with Crippen molar-refractivity contribution in [3.63, 3.8) is 0 Å². The molecule has 4 rings (SSSR count). The number of nitrogens with one attached hydrogen (secondary N) is 2. The molecule has 0 radical (unpaired) electrons. The highest BCUT2D eigenvalue weighted by molar-refractivity contribution is 7.89. The fourth-order valence-electron chi connectivity index (χ4n) is 3.60. The zero-order valence-electron chi connectivity index (χ0n) is 17.3. The summed E-state index contributed by atoms with van der Waals surface area (Å²) in [6, 6.07) is 11.7. The lowest BCUT2D eigenvalue weighted by Gasteiger charge is -2.17. The van der Waals surface area contributed by atoms with Gasteiger partial charge in [0.15, 0.2) is 0 Å². The minimum atomic E-state index is -3.75. The lowest BCUT2D eigenvalue weighted by atomic mass is 10.2. The number of ether oxygens (including phenoxy) is 1. The first-order valence-electron chi connectivity index (χ1n) is 10.3. The van der Waals surface area contributed by atoms with Gasteiger partial charge < -0.3 is 15.0 Å². The van der Waals surface area contributed by atoms with Gasteiger partial charge in [0.05, 0.1) is 12.0 Å². The fraction of sp³-hybridized carbons (Fsp3) is 0.364. The van der Waals surface area contributed by atoms with E-state index in [0.717, 1.165) is 24.1 Å².